The summed E-state index contributed by atoms with van der Waals surface area (Å²) in [5.74, 6) is -1.91. The van der Waals surface area contributed by atoms with Crippen molar-refractivity contribution >= 4 is 23.5 Å². The second-order valence-electron chi connectivity index (χ2n) is 4.79. The van der Waals surface area contributed by atoms with E-state index in [0.29, 0.717) is 22.8 Å². The lowest BCUT2D eigenvalue weighted by Gasteiger charge is -2.31. The van der Waals surface area contributed by atoms with E-state index in [0.717, 1.165) is 0 Å². The molecule has 0 radical (unpaired) electrons. The first-order valence-corrected chi connectivity index (χ1v) is 7.14. The van der Waals surface area contributed by atoms with Gasteiger partial charge in [-0.05, 0) is 17.7 Å². The monoisotopic (exact) mass is 318 g/mol. The van der Waals surface area contributed by atoms with Crippen LogP contribution in [0.2, 0.25) is 5.02 Å². The smallest absolute Gasteiger partial charge is 0.337 e. The van der Waals surface area contributed by atoms with Crippen LogP contribution in [0.25, 0.3) is 0 Å². The van der Waals surface area contributed by atoms with Crippen molar-refractivity contribution in [2.45, 2.75) is 19.3 Å². The highest BCUT2D eigenvalue weighted by Gasteiger charge is 2.41. The summed E-state index contributed by atoms with van der Waals surface area (Å²) in [5.41, 5.74) is 0.952. The second kappa shape index (κ2) is 6.63. The van der Waals surface area contributed by atoms with Crippen molar-refractivity contribution in [1.82, 2.24) is 0 Å². The van der Waals surface area contributed by atoms with Gasteiger partial charge in [0.05, 0.1) is 18.8 Å². The van der Waals surface area contributed by atoms with E-state index in [1.54, 1.807) is 24.3 Å². The van der Waals surface area contributed by atoms with E-state index in [2.05, 4.69) is 0 Å². The Balaban J connectivity index is 2.68. The Bertz CT molecular complexity index is 691. The Morgan fingerprint density at radius 2 is 2.27 bits per heavy atom. The SMILES string of the molecule is CCC1=C(C(=O)OC)C(c2cccc(Cl)c2)C(C#N)C(=N)O1. The van der Waals surface area contributed by atoms with Crippen LogP contribution < -0.4 is 0 Å². The Kier molecular flexibility index (Phi) is 4.84. The van der Waals surface area contributed by atoms with E-state index >= 15 is 0 Å². The van der Waals surface area contributed by atoms with Crippen LogP contribution in [0.1, 0.15) is 24.8 Å². The summed E-state index contributed by atoms with van der Waals surface area (Å²) in [6, 6.07) is 8.95. The Hall–Kier alpha value is -2.32. The lowest BCUT2D eigenvalue weighted by atomic mass is 9.78. The van der Waals surface area contributed by atoms with E-state index in [1.807, 2.05) is 13.0 Å². The topological polar surface area (TPSA) is 83.2 Å². The molecule has 2 unspecified atom stereocenters. The van der Waals surface area contributed by atoms with Crippen LogP contribution in [0.4, 0.5) is 0 Å². The van der Waals surface area contributed by atoms with Gasteiger partial charge >= 0.3 is 5.97 Å². The lowest BCUT2D eigenvalue weighted by molar-refractivity contribution is -0.136. The molecule has 2 atom stereocenters. The third-order valence-electron chi connectivity index (χ3n) is 3.53. The Morgan fingerprint density at radius 3 is 2.82 bits per heavy atom. The third-order valence-corrected chi connectivity index (χ3v) is 3.77. The molecule has 6 heteroatoms. The first kappa shape index (κ1) is 16.1. The number of nitrogens with one attached hydrogen (secondary N) is 1. The quantitative estimate of drug-likeness (QED) is 0.866. The molecule has 1 N–H and O–H groups in total. The highest BCUT2D eigenvalue weighted by atomic mass is 35.5. The maximum absolute atomic E-state index is 12.2. The van der Waals surface area contributed by atoms with Gasteiger partial charge in [0.15, 0.2) is 0 Å². The normalized spacial score (nSPS) is 21.1. The van der Waals surface area contributed by atoms with E-state index in [9.17, 15) is 10.1 Å². The van der Waals surface area contributed by atoms with Crippen LogP contribution in [0.3, 0.4) is 0 Å². The zero-order valence-electron chi connectivity index (χ0n) is 12.2. The fraction of sp³-hybridized carbons (Fsp3) is 0.312. The molecule has 0 saturated carbocycles. The first-order chi connectivity index (χ1) is 10.5. The van der Waals surface area contributed by atoms with Gasteiger partial charge in [-0.2, -0.15) is 5.26 Å². The number of methoxy groups -OCH3 is 1. The third kappa shape index (κ3) is 2.83. The minimum atomic E-state index is -0.900. The molecule has 0 aliphatic carbocycles. The minimum Gasteiger partial charge on any atom is -0.466 e. The molecule has 0 spiro atoms. The van der Waals surface area contributed by atoms with Gasteiger partial charge in [0.2, 0.25) is 5.90 Å². The number of carbonyl (C=O) groups is 1. The molecule has 0 aromatic heterocycles. The summed E-state index contributed by atoms with van der Waals surface area (Å²) >= 11 is 6.02. The van der Waals surface area contributed by atoms with Crippen LogP contribution in [-0.4, -0.2) is 19.0 Å². The largest absolute Gasteiger partial charge is 0.466 e. The standard InChI is InChI=1S/C16H15ClN2O3/c1-3-12-14(16(20)21-2)13(11(8-18)15(19)22-12)9-5-4-6-10(17)7-9/h4-7,11,13,19H,3H2,1-2H3. The molecule has 1 heterocycles. The fourth-order valence-electron chi connectivity index (χ4n) is 2.55. The average molecular weight is 319 g/mol. The summed E-state index contributed by atoms with van der Waals surface area (Å²) in [4.78, 5) is 12.2. The van der Waals surface area contributed by atoms with Crippen molar-refractivity contribution in [2.24, 2.45) is 5.92 Å². The molecular formula is C16H15ClN2O3. The van der Waals surface area contributed by atoms with Gasteiger partial charge in [-0.1, -0.05) is 30.7 Å². The maximum atomic E-state index is 12.2. The number of hydrogen-bond acceptors (Lipinski definition) is 5. The number of allylic oxidation sites excluding steroid dienone is 1. The number of carbonyl (C=O) groups excluding carboxylic acids is 1. The van der Waals surface area contributed by atoms with Crippen molar-refractivity contribution in [3.05, 3.63) is 46.2 Å². The number of nitrogens with zero attached hydrogens (tertiary/aromatic N) is 1. The summed E-state index contributed by atoms with van der Waals surface area (Å²) in [5, 5.41) is 17.8. The zero-order chi connectivity index (χ0) is 16.3. The summed E-state index contributed by atoms with van der Waals surface area (Å²) < 4.78 is 10.2. The van der Waals surface area contributed by atoms with Gasteiger partial charge < -0.3 is 9.47 Å². The Morgan fingerprint density at radius 1 is 1.55 bits per heavy atom. The van der Waals surface area contributed by atoms with Crippen LogP contribution in [0, 0.1) is 22.7 Å². The number of nitriles is 1. The minimum absolute atomic E-state index is 0.169. The van der Waals surface area contributed by atoms with Crippen molar-refractivity contribution in [1.29, 1.82) is 10.7 Å². The summed E-state index contributed by atoms with van der Waals surface area (Å²) in [7, 11) is 1.28. The van der Waals surface area contributed by atoms with E-state index in [1.165, 1.54) is 7.11 Å². The molecule has 1 aliphatic rings. The average Bonchev–Trinajstić information content (AvgIpc) is 2.52. The molecule has 114 valence electrons. The maximum Gasteiger partial charge on any atom is 0.337 e. The number of hydrogen-bond donors (Lipinski definition) is 1. The molecule has 1 aliphatic heterocycles. The molecule has 1 aromatic rings. The molecule has 0 fully saturated rings. The van der Waals surface area contributed by atoms with Crippen molar-refractivity contribution in [3.8, 4) is 6.07 Å². The van der Waals surface area contributed by atoms with Crippen LogP contribution >= 0.6 is 11.6 Å². The van der Waals surface area contributed by atoms with Gasteiger partial charge in [-0.3, -0.25) is 5.41 Å². The van der Waals surface area contributed by atoms with Gasteiger partial charge in [0.25, 0.3) is 0 Å². The van der Waals surface area contributed by atoms with Crippen molar-refractivity contribution in [3.63, 3.8) is 0 Å². The van der Waals surface area contributed by atoms with Crippen LogP contribution in [-0.2, 0) is 14.3 Å². The van der Waals surface area contributed by atoms with Gasteiger partial charge in [-0.25, -0.2) is 4.79 Å². The number of benzene rings is 1. The second-order valence-corrected chi connectivity index (χ2v) is 5.22. The van der Waals surface area contributed by atoms with Gasteiger partial charge in [0.1, 0.15) is 11.7 Å². The molecule has 5 nitrogen and oxygen atoms in total. The molecule has 0 bridgehead atoms. The molecule has 0 amide bonds. The van der Waals surface area contributed by atoms with Crippen molar-refractivity contribution in [2.75, 3.05) is 7.11 Å². The number of rotatable bonds is 3. The molecule has 2 rings (SSSR count). The predicted molar refractivity (Wildman–Crippen MR) is 81.4 cm³/mol. The van der Waals surface area contributed by atoms with Crippen LogP contribution in [0.5, 0.6) is 0 Å². The fourth-order valence-corrected chi connectivity index (χ4v) is 2.75. The van der Waals surface area contributed by atoms with Gasteiger partial charge in [0, 0.05) is 17.4 Å². The number of halogens is 1. The number of esters is 1. The first-order valence-electron chi connectivity index (χ1n) is 6.76. The van der Waals surface area contributed by atoms with E-state index in [-0.39, 0.29) is 11.5 Å². The molecule has 1 aromatic carbocycles. The summed E-state index contributed by atoms with van der Waals surface area (Å²) in [6.07, 6.45) is 0.419. The Labute approximate surface area is 133 Å². The van der Waals surface area contributed by atoms with E-state index < -0.39 is 17.8 Å². The summed E-state index contributed by atoms with van der Waals surface area (Å²) in [6.45, 7) is 1.81. The molecular weight excluding hydrogens is 304 g/mol. The van der Waals surface area contributed by atoms with Gasteiger partial charge in [-0.15, -0.1) is 0 Å². The number of ether oxygens (including phenoxy) is 2. The van der Waals surface area contributed by atoms with Crippen molar-refractivity contribution < 1.29 is 14.3 Å². The highest BCUT2D eigenvalue weighted by Crippen LogP contribution is 2.40. The predicted octanol–water partition coefficient (Wildman–Crippen LogP) is 3.41. The lowest BCUT2D eigenvalue weighted by Crippen LogP contribution is -2.33. The zero-order valence-corrected chi connectivity index (χ0v) is 13.0. The van der Waals surface area contributed by atoms with Crippen LogP contribution in [0.15, 0.2) is 35.6 Å². The molecule has 0 saturated heterocycles. The molecule has 22 heavy (non-hydrogen) atoms. The van der Waals surface area contributed by atoms with E-state index in [4.69, 9.17) is 26.5 Å². The highest BCUT2D eigenvalue weighted by molar-refractivity contribution is 6.30.